The molecule has 7 nitrogen and oxygen atoms in total. The van der Waals surface area contributed by atoms with E-state index < -0.39 is 0 Å². The third-order valence-electron chi connectivity index (χ3n) is 5.61. The van der Waals surface area contributed by atoms with Crippen molar-refractivity contribution in [1.82, 2.24) is 0 Å². The molecule has 4 rings (SSSR count). The minimum Gasteiger partial charge on any atom is -0.493 e. The Labute approximate surface area is 216 Å². The molecule has 0 saturated heterocycles. The van der Waals surface area contributed by atoms with Crippen LogP contribution in [0.15, 0.2) is 91.0 Å². The van der Waals surface area contributed by atoms with Gasteiger partial charge in [-0.05, 0) is 29.3 Å². The Kier molecular flexibility index (Phi) is 8.49. The van der Waals surface area contributed by atoms with Crippen LogP contribution in [-0.4, -0.2) is 27.2 Å². The number of benzene rings is 4. The van der Waals surface area contributed by atoms with Gasteiger partial charge < -0.3 is 29.0 Å². The molecule has 0 bridgehead atoms. The fourth-order valence-electron chi connectivity index (χ4n) is 3.69. The third-order valence-corrected chi connectivity index (χ3v) is 5.61. The first-order chi connectivity index (χ1) is 18.1. The lowest BCUT2D eigenvalue weighted by molar-refractivity contribution is 0.102. The number of hydrogen-bond donors (Lipinski definition) is 1. The van der Waals surface area contributed by atoms with Crippen molar-refractivity contribution in [1.29, 1.82) is 0 Å². The highest BCUT2D eigenvalue weighted by atomic mass is 16.5. The fraction of sp³-hybridized carbons (Fsp3) is 0.167. The van der Waals surface area contributed by atoms with Gasteiger partial charge in [0.05, 0.1) is 21.3 Å². The summed E-state index contributed by atoms with van der Waals surface area (Å²) in [6, 6.07) is 28.0. The van der Waals surface area contributed by atoms with Gasteiger partial charge in [0, 0.05) is 23.4 Å². The SMILES string of the molecule is COc1cc(C(=O)Nc2cc(OC)c(OCc3ccccc3)c(OC)c2)ccc1OCc1ccccc1. The van der Waals surface area contributed by atoms with Crippen LogP contribution in [0.2, 0.25) is 0 Å². The molecule has 0 radical (unpaired) electrons. The zero-order valence-corrected chi connectivity index (χ0v) is 21.0. The Morgan fingerprint density at radius 1 is 0.622 bits per heavy atom. The van der Waals surface area contributed by atoms with Crippen LogP contribution in [0.1, 0.15) is 21.5 Å². The Bertz CT molecular complexity index is 1300. The summed E-state index contributed by atoms with van der Waals surface area (Å²) in [5.74, 6) is 2.01. The molecule has 0 aliphatic heterocycles. The zero-order valence-electron chi connectivity index (χ0n) is 21.0. The molecule has 0 heterocycles. The molecule has 1 N–H and O–H groups in total. The van der Waals surface area contributed by atoms with Crippen LogP contribution in [0.5, 0.6) is 28.7 Å². The number of methoxy groups -OCH3 is 3. The smallest absolute Gasteiger partial charge is 0.255 e. The molecule has 0 aliphatic rings. The Morgan fingerprint density at radius 3 is 1.70 bits per heavy atom. The first-order valence-electron chi connectivity index (χ1n) is 11.7. The average Bonchev–Trinajstić information content (AvgIpc) is 2.95. The highest BCUT2D eigenvalue weighted by Gasteiger charge is 2.17. The van der Waals surface area contributed by atoms with Crippen molar-refractivity contribution in [2.75, 3.05) is 26.6 Å². The molecule has 0 atom stereocenters. The summed E-state index contributed by atoms with van der Waals surface area (Å²) >= 11 is 0. The maximum absolute atomic E-state index is 13.0. The van der Waals surface area contributed by atoms with Crippen LogP contribution in [0.25, 0.3) is 0 Å². The van der Waals surface area contributed by atoms with Crippen LogP contribution in [0.3, 0.4) is 0 Å². The molecule has 4 aromatic carbocycles. The van der Waals surface area contributed by atoms with Gasteiger partial charge >= 0.3 is 0 Å². The quantitative estimate of drug-likeness (QED) is 0.268. The highest BCUT2D eigenvalue weighted by molar-refractivity contribution is 6.05. The molecule has 1 amide bonds. The van der Waals surface area contributed by atoms with E-state index in [9.17, 15) is 4.79 Å². The van der Waals surface area contributed by atoms with Gasteiger partial charge in [-0.1, -0.05) is 60.7 Å². The van der Waals surface area contributed by atoms with Gasteiger partial charge in [-0.15, -0.1) is 0 Å². The summed E-state index contributed by atoms with van der Waals surface area (Å²) in [7, 11) is 4.61. The molecule has 7 heteroatoms. The van der Waals surface area contributed by atoms with E-state index in [4.69, 9.17) is 23.7 Å². The molecule has 0 fully saturated rings. The summed E-state index contributed by atoms with van der Waals surface area (Å²) in [5, 5.41) is 2.89. The number of anilines is 1. The van der Waals surface area contributed by atoms with Gasteiger partial charge in [0.2, 0.25) is 5.75 Å². The van der Waals surface area contributed by atoms with Crippen molar-refractivity contribution >= 4 is 11.6 Å². The van der Waals surface area contributed by atoms with E-state index >= 15 is 0 Å². The molecule has 37 heavy (non-hydrogen) atoms. The van der Waals surface area contributed by atoms with Crippen LogP contribution < -0.4 is 29.0 Å². The highest BCUT2D eigenvalue weighted by Crippen LogP contribution is 2.41. The minimum absolute atomic E-state index is 0.324. The number of hydrogen-bond acceptors (Lipinski definition) is 6. The number of carbonyl (C=O) groups excluding carboxylic acids is 1. The monoisotopic (exact) mass is 499 g/mol. The maximum Gasteiger partial charge on any atom is 0.255 e. The van der Waals surface area contributed by atoms with E-state index in [0.29, 0.717) is 53.2 Å². The number of carbonyl (C=O) groups is 1. The molecule has 0 spiro atoms. The standard InChI is InChI=1S/C30H29NO6/c1-33-26-16-23(14-15-25(26)36-19-21-10-6-4-7-11-21)30(32)31-24-17-27(34-2)29(28(18-24)35-3)37-20-22-12-8-5-9-13-22/h4-18H,19-20H2,1-3H3,(H,31,32). The van der Waals surface area contributed by atoms with Crippen molar-refractivity contribution in [2.24, 2.45) is 0 Å². The van der Waals surface area contributed by atoms with Crippen molar-refractivity contribution in [3.8, 4) is 28.7 Å². The van der Waals surface area contributed by atoms with Crippen molar-refractivity contribution in [3.63, 3.8) is 0 Å². The van der Waals surface area contributed by atoms with E-state index in [1.54, 1.807) is 30.3 Å². The van der Waals surface area contributed by atoms with Crippen LogP contribution in [-0.2, 0) is 13.2 Å². The zero-order chi connectivity index (χ0) is 26.0. The summed E-state index contributed by atoms with van der Waals surface area (Å²) < 4.78 is 28.4. The molecule has 0 saturated carbocycles. The molecule has 4 aromatic rings. The first kappa shape index (κ1) is 25.4. The van der Waals surface area contributed by atoms with Crippen molar-refractivity contribution in [2.45, 2.75) is 13.2 Å². The van der Waals surface area contributed by atoms with Gasteiger partial charge in [-0.3, -0.25) is 4.79 Å². The van der Waals surface area contributed by atoms with E-state index in [-0.39, 0.29) is 5.91 Å². The molecule has 190 valence electrons. The van der Waals surface area contributed by atoms with Gasteiger partial charge in [0.25, 0.3) is 5.91 Å². The molecule has 0 unspecified atom stereocenters. The molecular formula is C30H29NO6. The predicted molar refractivity (Wildman–Crippen MR) is 142 cm³/mol. The van der Waals surface area contributed by atoms with E-state index in [1.165, 1.54) is 21.3 Å². The van der Waals surface area contributed by atoms with Crippen LogP contribution in [0, 0.1) is 0 Å². The van der Waals surface area contributed by atoms with Gasteiger partial charge in [0.1, 0.15) is 13.2 Å². The lowest BCUT2D eigenvalue weighted by atomic mass is 10.1. The topological polar surface area (TPSA) is 75.3 Å². The van der Waals surface area contributed by atoms with Gasteiger partial charge in [0.15, 0.2) is 23.0 Å². The Morgan fingerprint density at radius 2 is 1.16 bits per heavy atom. The normalized spacial score (nSPS) is 10.4. The lowest BCUT2D eigenvalue weighted by Crippen LogP contribution is -2.13. The number of nitrogens with one attached hydrogen (secondary N) is 1. The van der Waals surface area contributed by atoms with E-state index in [2.05, 4.69) is 5.32 Å². The lowest BCUT2D eigenvalue weighted by Gasteiger charge is -2.17. The number of rotatable bonds is 11. The second kappa shape index (κ2) is 12.4. The Balaban J connectivity index is 1.48. The fourth-order valence-corrected chi connectivity index (χ4v) is 3.69. The van der Waals surface area contributed by atoms with E-state index in [0.717, 1.165) is 11.1 Å². The van der Waals surface area contributed by atoms with Crippen LogP contribution in [0.4, 0.5) is 5.69 Å². The minimum atomic E-state index is -0.324. The average molecular weight is 500 g/mol. The van der Waals surface area contributed by atoms with Crippen molar-refractivity contribution in [3.05, 3.63) is 108 Å². The van der Waals surface area contributed by atoms with Crippen molar-refractivity contribution < 1.29 is 28.5 Å². The first-order valence-corrected chi connectivity index (χ1v) is 11.7. The second-order valence-electron chi connectivity index (χ2n) is 8.08. The van der Waals surface area contributed by atoms with Gasteiger partial charge in [-0.2, -0.15) is 0 Å². The maximum atomic E-state index is 13.0. The van der Waals surface area contributed by atoms with Gasteiger partial charge in [-0.25, -0.2) is 0 Å². The summed E-state index contributed by atoms with van der Waals surface area (Å²) in [6.07, 6.45) is 0. The summed E-state index contributed by atoms with van der Waals surface area (Å²) in [4.78, 5) is 13.0. The number of ether oxygens (including phenoxy) is 5. The molecule has 0 aliphatic carbocycles. The summed E-state index contributed by atoms with van der Waals surface area (Å²) in [5.41, 5.74) is 2.94. The summed E-state index contributed by atoms with van der Waals surface area (Å²) in [6.45, 7) is 0.735. The van der Waals surface area contributed by atoms with E-state index in [1.807, 2.05) is 60.7 Å². The Hall–Kier alpha value is -4.65. The third kappa shape index (κ3) is 6.52. The second-order valence-corrected chi connectivity index (χ2v) is 8.08. The molecule has 0 aromatic heterocycles. The van der Waals surface area contributed by atoms with Crippen LogP contribution >= 0.6 is 0 Å². The molecular weight excluding hydrogens is 470 g/mol. The largest absolute Gasteiger partial charge is 0.493 e. The number of amides is 1. The predicted octanol–water partition coefficient (Wildman–Crippen LogP) is 6.12.